The van der Waals surface area contributed by atoms with Crippen molar-refractivity contribution < 1.29 is 4.79 Å². The third-order valence-corrected chi connectivity index (χ3v) is 4.91. The van der Waals surface area contributed by atoms with E-state index in [9.17, 15) is 4.79 Å². The second-order valence-electron chi connectivity index (χ2n) is 6.63. The van der Waals surface area contributed by atoms with Crippen molar-refractivity contribution in [3.05, 3.63) is 35.9 Å². The van der Waals surface area contributed by atoms with Gasteiger partial charge < -0.3 is 10.2 Å². The van der Waals surface area contributed by atoms with Gasteiger partial charge in [-0.2, -0.15) is 0 Å². The van der Waals surface area contributed by atoms with E-state index in [2.05, 4.69) is 10.2 Å². The normalized spacial score (nSPS) is 21.1. The fraction of sp³-hybridized carbons (Fsp3) is 0.588. The second kappa shape index (κ2) is 5.78. The summed E-state index contributed by atoms with van der Waals surface area (Å²) in [4.78, 5) is 17.4. The van der Waals surface area contributed by atoms with Gasteiger partial charge in [-0.25, -0.2) is 0 Å². The zero-order valence-electron chi connectivity index (χ0n) is 13.0. The number of benzene rings is 1. The maximum atomic E-state index is 12.9. The fourth-order valence-electron chi connectivity index (χ4n) is 3.20. The van der Waals surface area contributed by atoms with Crippen molar-refractivity contribution >= 4 is 5.91 Å². The number of carbonyl (C=O) groups is 1. The maximum Gasteiger partial charge on any atom is 0.232 e. The molecular formula is C17H25N3O. The zero-order chi connectivity index (χ0) is 14.9. The van der Waals surface area contributed by atoms with Crippen molar-refractivity contribution in [2.75, 3.05) is 39.3 Å². The SMILES string of the molecule is CC(C)(C(=O)N1CCN(C2CNC2)CC1)c1ccccc1. The van der Waals surface area contributed by atoms with Gasteiger partial charge in [-0.05, 0) is 19.4 Å². The molecule has 0 atom stereocenters. The van der Waals surface area contributed by atoms with E-state index in [1.54, 1.807) is 0 Å². The quantitative estimate of drug-likeness (QED) is 0.903. The summed E-state index contributed by atoms with van der Waals surface area (Å²) in [6.45, 7) is 9.98. The van der Waals surface area contributed by atoms with Crippen LogP contribution in [0, 0.1) is 0 Å². The first kappa shape index (κ1) is 14.5. The molecule has 0 aromatic heterocycles. The lowest BCUT2D eigenvalue weighted by molar-refractivity contribution is -0.138. The largest absolute Gasteiger partial charge is 0.339 e. The van der Waals surface area contributed by atoms with E-state index in [0.29, 0.717) is 6.04 Å². The second-order valence-corrected chi connectivity index (χ2v) is 6.63. The first-order valence-electron chi connectivity index (χ1n) is 7.89. The molecule has 2 fully saturated rings. The maximum absolute atomic E-state index is 12.9. The molecule has 2 saturated heterocycles. The average molecular weight is 287 g/mol. The summed E-state index contributed by atoms with van der Waals surface area (Å²) in [6.07, 6.45) is 0. The molecule has 2 aliphatic heterocycles. The molecule has 4 heteroatoms. The third-order valence-electron chi connectivity index (χ3n) is 4.91. The van der Waals surface area contributed by atoms with E-state index < -0.39 is 5.41 Å². The summed E-state index contributed by atoms with van der Waals surface area (Å²) >= 11 is 0. The van der Waals surface area contributed by atoms with E-state index in [1.165, 1.54) is 0 Å². The van der Waals surface area contributed by atoms with Gasteiger partial charge >= 0.3 is 0 Å². The molecule has 0 aliphatic carbocycles. The molecule has 0 saturated carbocycles. The van der Waals surface area contributed by atoms with Crippen LogP contribution >= 0.6 is 0 Å². The van der Waals surface area contributed by atoms with Crippen LogP contribution in [0.25, 0.3) is 0 Å². The van der Waals surface area contributed by atoms with Crippen LogP contribution in [0.2, 0.25) is 0 Å². The van der Waals surface area contributed by atoms with E-state index in [4.69, 9.17) is 0 Å². The molecule has 3 rings (SSSR count). The lowest BCUT2D eigenvalue weighted by atomic mass is 9.83. The van der Waals surface area contributed by atoms with Crippen LogP contribution in [0.1, 0.15) is 19.4 Å². The van der Waals surface area contributed by atoms with Crippen LogP contribution in [0.3, 0.4) is 0 Å². The number of hydrogen-bond acceptors (Lipinski definition) is 3. The first-order valence-corrected chi connectivity index (χ1v) is 7.89. The molecule has 114 valence electrons. The number of nitrogens with one attached hydrogen (secondary N) is 1. The molecule has 1 aromatic carbocycles. The highest BCUT2D eigenvalue weighted by Crippen LogP contribution is 2.26. The minimum atomic E-state index is -0.443. The van der Waals surface area contributed by atoms with Gasteiger partial charge in [0.1, 0.15) is 0 Å². The molecule has 1 aromatic rings. The zero-order valence-corrected chi connectivity index (χ0v) is 13.0. The number of carbonyl (C=O) groups excluding carboxylic acids is 1. The molecule has 0 unspecified atom stereocenters. The predicted molar refractivity (Wildman–Crippen MR) is 84.3 cm³/mol. The van der Waals surface area contributed by atoms with Gasteiger partial charge in [0.25, 0.3) is 0 Å². The predicted octanol–water partition coefficient (Wildman–Crippen LogP) is 1.08. The van der Waals surface area contributed by atoms with Crippen LogP contribution < -0.4 is 5.32 Å². The average Bonchev–Trinajstić information content (AvgIpc) is 2.46. The van der Waals surface area contributed by atoms with Crippen molar-refractivity contribution in [3.8, 4) is 0 Å². The highest BCUT2D eigenvalue weighted by Gasteiger charge is 2.36. The van der Waals surface area contributed by atoms with E-state index >= 15 is 0 Å². The highest BCUT2D eigenvalue weighted by molar-refractivity contribution is 5.87. The molecule has 0 bridgehead atoms. The van der Waals surface area contributed by atoms with Gasteiger partial charge in [0.05, 0.1) is 5.41 Å². The molecular weight excluding hydrogens is 262 g/mol. The number of amides is 1. The Kier molecular flexibility index (Phi) is 4.00. The van der Waals surface area contributed by atoms with Crippen molar-refractivity contribution in [1.29, 1.82) is 0 Å². The molecule has 21 heavy (non-hydrogen) atoms. The summed E-state index contributed by atoms with van der Waals surface area (Å²) in [5.41, 5.74) is 0.655. The number of hydrogen-bond donors (Lipinski definition) is 1. The Hall–Kier alpha value is -1.39. The fourth-order valence-corrected chi connectivity index (χ4v) is 3.20. The monoisotopic (exact) mass is 287 g/mol. The van der Waals surface area contributed by atoms with E-state index in [0.717, 1.165) is 44.8 Å². The third kappa shape index (κ3) is 2.83. The van der Waals surface area contributed by atoms with Gasteiger partial charge in [-0.15, -0.1) is 0 Å². The van der Waals surface area contributed by atoms with Gasteiger partial charge in [0, 0.05) is 45.3 Å². The van der Waals surface area contributed by atoms with Gasteiger partial charge in [-0.3, -0.25) is 9.69 Å². The van der Waals surface area contributed by atoms with Crippen LogP contribution in [-0.4, -0.2) is 61.0 Å². The summed E-state index contributed by atoms with van der Waals surface area (Å²) < 4.78 is 0. The Labute approximate surface area is 127 Å². The Balaban J connectivity index is 1.63. The Morgan fingerprint density at radius 1 is 1.10 bits per heavy atom. The smallest absolute Gasteiger partial charge is 0.232 e. The van der Waals surface area contributed by atoms with Gasteiger partial charge in [0.2, 0.25) is 5.91 Å². The topological polar surface area (TPSA) is 35.6 Å². The highest BCUT2D eigenvalue weighted by atomic mass is 16.2. The van der Waals surface area contributed by atoms with Crippen molar-refractivity contribution in [3.63, 3.8) is 0 Å². The Morgan fingerprint density at radius 2 is 1.71 bits per heavy atom. The minimum Gasteiger partial charge on any atom is -0.339 e. The van der Waals surface area contributed by atoms with Crippen LogP contribution in [0.4, 0.5) is 0 Å². The van der Waals surface area contributed by atoms with Crippen molar-refractivity contribution in [2.24, 2.45) is 0 Å². The summed E-state index contributed by atoms with van der Waals surface area (Å²) in [5, 5.41) is 3.32. The van der Waals surface area contributed by atoms with E-state index in [1.807, 2.05) is 49.1 Å². The number of nitrogens with zero attached hydrogens (tertiary/aromatic N) is 2. The lowest BCUT2D eigenvalue weighted by Gasteiger charge is -2.44. The van der Waals surface area contributed by atoms with Crippen LogP contribution in [0.15, 0.2) is 30.3 Å². The number of piperazine rings is 1. The summed E-state index contributed by atoms with van der Waals surface area (Å²) in [5.74, 6) is 0.250. The van der Waals surface area contributed by atoms with Crippen LogP contribution in [-0.2, 0) is 10.2 Å². The molecule has 2 heterocycles. The molecule has 0 spiro atoms. The molecule has 0 radical (unpaired) electrons. The minimum absolute atomic E-state index is 0.250. The Morgan fingerprint density at radius 3 is 2.24 bits per heavy atom. The van der Waals surface area contributed by atoms with Gasteiger partial charge in [0.15, 0.2) is 0 Å². The van der Waals surface area contributed by atoms with Crippen LogP contribution in [0.5, 0.6) is 0 Å². The Bertz CT molecular complexity index is 488. The molecule has 4 nitrogen and oxygen atoms in total. The van der Waals surface area contributed by atoms with Crippen molar-refractivity contribution in [1.82, 2.24) is 15.1 Å². The molecule has 1 N–H and O–H groups in total. The molecule has 1 amide bonds. The number of rotatable bonds is 3. The standard InChI is InChI=1S/C17H25N3O/c1-17(2,14-6-4-3-5-7-14)16(21)20-10-8-19(9-11-20)15-12-18-13-15/h3-7,15,18H,8-13H2,1-2H3. The van der Waals surface area contributed by atoms with Crippen molar-refractivity contribution in [2.45, 2.75) is 25.3 Å². The molecule has 2 aliphatic rings. The van der Waals surface area contributed by atoms with E-state index in [-0.39, 0.29) is 5.91 Å². The lowest BCUT2D eigenvalue weighted by Crippen LogP contribution is -2.62. The first-order chi connectivity index (χ1) is 10.1. The van der Waals surface area contributed by atoms with Gasteiger partial charge in [-0.1, -0.05) is 30.3 Å². The summed E-state index contributed by atoms with van der Waals surface area (Å²) in [6, 6.07) is 10.8. The summed E-state index contributed by atoms with van der Waals surface area (Å²) in [7, 11) is 0.